The summed E-state index contributed by atoms with van der Waals surface area (Å²) in [5, 5.41) is 12.4. The molecule has 3 fully saturated rings. The number of anilines is 5. The van der Waals surface area contributed by atoms with E-state index < -0.39 is 7.14 Å². The smallest absolute Gasteiger partial charge is 0.229 e. The van der Waals surface area contributed by atoms with Crippen molar-refractivity contribution in [3.8, 4) is 16.9 Å². The highest BCUT2D eigenvalue weighted by molar-refractivity contribution is 9.10. The Hall–Kier alpha value is -3.44. The van der Waals surface area contributed by atoms with Crippen molar-refractivity contribution in [3.63, 3.8) is 0 Å². The van der Waals surface area contributed by atoms with Crippen LogP contribution in [0.15, 0.2) is 53.4 Å². The van der Waals surface area contributed by atoms with Gasteiger partial charge in [0.15, 0.2) is 0 Å². The van der Waals surface area contributed by atoms with Gasteiger partial charge in [0.1, 0.15) is 18.7 Å². The van der Waals surface area contributed by atoms with E-state index in [2.05, 4.69) is 95.8 Å². The van der Waals surface area contributed by atoms with E-state index in [0.717, 1.165) is 92.1 Å². The molecule has 2 N–H and O–H groups in total. The fourth-order valence-corrected chi connectivity index (χ4v) is 8.66. The minimum atomic E-state index is -2.56. The van der Waals surface area contributed by atoms with Crippen LogP contribution in [-0.2, 0) is 11.1 Å². The summed E-state index contributed by atoms with van der Waals surface area (Å²) in [5.41, 5.74) is 6.10. The number of methoxy groups -OCH3 is 1. The Morgan fingerprint density at radius 3 is 2.38 bits per heavy atom. The second-order valence-electron chi connectivity index (χ2n) is 14.3. The Balaban J connectivity index is 1.17. The number of hydrogen-bond donors (Lipinski definition) is 2. The van der Waals surface area contributed by atoms with Crippen LogP contribution in [-0.4, -0.2) is 102 Å². The zero-order chi connectivity index (χ0) is 35.0. The van der Waals surface area contributed by atoms with E-state index in [4.69, 9.17) is 9.72 Å². The van der Waals surface area contributed by atoms with Gasteiger partial charge in [-0.2, -0.15) is 10.1 Å². The van der Waals surface area contributed by atoms with Gasteiger partial charge < -0.3 is 29.7 Å². The predicted octanol–water partition coefficient (Wildman–Crippen LogP) is 6.96. The van der Waals surface area contributed by atoms with Crippen LogP contribution in [0.4, 0.5) is 28.8 Å². The first-order chi connectivity index (χ1) is 24.1. The number of piperidine rings is 1. The highest BCUT2D eigenvalue weighted by Gasteiger charge is 2.29. The lowest BCUT2D eigenvalue weighted by Crippen LogP contribution is -2.52. The molecule has 4 aromatic rings. The van der Waals surface area contributed by atoms with Gasteiger partial charge in [-0.25, -0.2) is 4.98 Å². The second-order valence-corrected chi connectivity index (χ2v) is 18.3. The fraction of sp³-hybridized carbons (Fsp3) is 0.486. The van der Waals surface area contributed by atoms with Gasteiger partial charge in [0.2, 0.25) is 5.95 Å². The van der Waals surface area contributed by atoms with Gasteiger partial charge >= 0.3 is 0 Å². The molecule has 0 bridgehead atoms. The molecule has 0 radical (unpaired) electrons. The Kier molecular flexibility index (Phi) is 10.3. The van der Waals surface area contributed by atoms with Gasteiger partial charge in [-0.15, -0.1) is 0 Å². The zero-order valence-electron chi connectivity index (χ0n) is 29.8. The van der Waals surface area contributed by atoms with Crippen molar-refractivity contribution in [3.05, 3.63) is 59.0 Å². The fourth-order valence-electron chi connectivity index (χ4n) is 7.20. The van der Waals surface area contributed by atoms with Crippen LogP contribution in [0.25, 0.3) is 11.1 Å². The summed E-state index contributed by atoms with van der Waals surface area (Å²) in [4.78, 5) is 17.1. The number of ether oxygens (including phenoxy) is 1. The van der Waals surface area contributed by atoms with Crippen LogP contribution in [0.5, 0.6) is 5.75 Å². The van der Waals surface area contributed by atoms with Crippen LogP contribution in [0.3, 0.4) is 0 Å². The molecule has 2 aromatic heterocycles. The Morgan fingerprint density at radius 2 is 1.72 bits per heavy atom. The van der Waals surface area contributed by atoms with E-state index in [9.17, 15) is 4.57 Å². The van der Waals surface area contributed by atoms with Crippen molar-refractivity contribution < 1.29 is 9.30 Å². The first-order valence-electron chi connectivity index (χ1n) is 17.8. The van der Waals surface area contributed by atoms with Gasteiger partial charge in [-0.1, -0.05) is 6.07 Å². The molecule has 3 aliphatic rings. The second kappa shape index (κ2) is 14.7. The number of likely N-dealkylation sites (N-methyl/N-ethyl adjacent to an activating group) is 1. The molecule has 13 heteroatoms. The van der Waals surface area contributed by atoms with Crippen LogP contribution < -0.4 is 25.6 Å². The minimum absolute atomic E-state index is 0.414. The standard InChI is InChI=1S/C37H49BrN9O2P/c1-6-47-24-27(22-40-47)29-20-32(34(49-3)21-33(29)46-13-11-28(12-14-46)45-17-15-44(2)16-18-45)42-37-39-23-30(38)36(43-37)41-31-10-9-26(25-7-8-25)19-35(31)50(4,5)48/h9-10,19-25,28H,6-8,11-18H2,1-5H3,(H2,39,41,42,43). The molecule has 7 rings (SSSR count). The van der Waals surface area contributed by atoms with Gasteiger partial charge in [-0.05, 0) is 98.6 Å². The third kappa shape index (κ3) is 7.73. The number of hydrogen-bond acceptors (Lipinski definition) is 10. The zero-order valence-corrected chi connectivity index (χ0v) is 32.3. The Labute approximate surface area is 304 Å². The third-order valence-corrected chi connectivity index (χ3v) is 12.5. The summed E-state index contributed by atoms with van der Waals surface area (Å²) in [6.07, 6.45) is 10.4. The summed E-state index contributed by atoms with van der Waals surface area (Å²) >= 11 is 3.63. The topological polar surface area (TPSA) is 104 Å². The van der Waals surface area contributed by atoms with Crippen LogP contribution in [0.1, 0.15) is 44.1 Å². The number of aryl methyl sites for hydroxylation is 1. The molecule has 50 heavy (non-hydrogen) atoms. The summed E-state index contributed by atoms with van der Waals surface area (Å²) in [6, 6.07) is 11.2. The van der Waals surface area contributed by atoms with E-state index >= 15 is 0 Å². The molecule has 0 unspecified atom stereocenters. The first-order valence-corrected chi connectivity index (χ1v) is 21.2. The average Bonchev–Trinajstić information content (AvgIpc) is 3.86. The van der Waals surface area contributed by atoms with Gasteiger partial charge in [-0.3, -0.25) is 9.58 Å². The molecule has 1 saturated carbocycles. The highest BCUT2D eigenvalue weighted by atomic mass is 79.9. The summed E-state index contributed by atoms with van der Waals surface area (Å²) in [7, 11) is 1.36. The molecule has 0 atom stereocenters. The maximum absolute atomic E-state index is 13.4. The maximum atomic E-state index is 13.4. The molecule has 0 spiro atoms. The van der Waals surface area contributed by atoms with E-state index in [1.54, 1.807) is 13.3 Å². The average molecular weight is 763 g/mol. The molecule has 4 heterocycles. The minimum Gasteiger partial charge on any atom is -0.494 e. The van der Waals surface area contributed by atoms with E-state index in [-0.39, 0.29) is 0 Å². The molecule has 11 nitrogen and oxygen atoms in total. The predicted molar refractivity (Wildman–Crippen MR) is 208 cm³/mol. The number of aromatic nitrogens is 4. The number of nitrogens with zero attached hydrogens (tertiary/aromatic N) is 7. The largest absolute Gasteiger partial charge is 0.494 e. The molecular weight excluding hydrogens is 713 g/mol. The van der Waals surface area contributed by atoms with E-state index in [1.807, 2.05) is 30.3 Å². The molecule has 2 aliphatic heterocycles. The lowest BCUT2D eigenvalue weighted by atomic mass is 9.98. The molecule has 2 aromatic carbocycles. The SMILES string of the molecule is CCn1cc(-c2cc(Nc3ncc(Br)c(Nc4ccc(C5CC5)cc4P(C)(C)=O)n3)c(OC)cc2N2CCC(N3CCN(C)CC3)CC2)cn1. The van der Waals surface area contributed by atoms with Crippen molar-refractivity contribution in [1.29, 1.82) is 0 Å². The molecule has 2 saturated heterocycles. The number of piperazine rings is 1. The quantitative estimate of drug-likeness (QED) is 0.156. The molecular formula is C37H49BrN9O2P. The Bertz CT molecular complexity index is 1870. The monoisotopic (exact) mass is 761 g/mol. The lowest BCUT2D eigenvalue weighted by molar-refractivity contribution is 0.0982. The van der Waals surface area contributed by atoms with Crippen molar-refractivity contribution in [2.75, 3.05) is 82.3 Å². The maximum Gasteiger partial charge on any atom is 0.229 e. The van der Waals surface area contributed by atoms with Crippen LogP contribution in [0, 0.1) is 0 Å². The van der Waals surface area contributed by atoms with Crippen LogP contribution in [0.2, 0.25) is 0 Å². The van der Waals surface area contributed by atoms with Crippen molar-refractivity contribution >= 4 is 57.2 Å². The molecule has 0 amide bonds. The summed E-state index contributed by atoms with van der Waals surface area (Å²) in [5.74, 6) is 2.29. The summed E-state index contributed by atoms with van der Waals surface area (Å²) in [6.45, 7) is 13.1. The number of rotatable bonds is 11. The van der Waals surface area contributed by atoms with Gasteiger partial charge in [0.25, 0.3) is 0 Å². The number of halogens is 1. The number of benzene rings is 2. The van der Waals surface area contributed by atoms with E-state index in [1.165, 1.54) is 18.4 Å². The van der Waals surface area contributed by atoms with Gasteiger partial charge in [0.05, 0.1) is 29.2 Å². The first kappa shape index (κ1) is 35.0. The van der Waals surface area contributed by atoms with Crippen LogP contribution >= 0.6 is 23.1 Å². The van der Waals surface area contributed by atoms with E-state index in [0.29, 0.717) is 33.9 Å². The van der Waals surface area contributed by atoms with Crippen molar-refractivity contribution in [1.82, 2.24) is 29.5 Å². The molecule has 1 aliphatic carbocycles. The molecule has 266 valence electrons. The van der Waals surface area contributed by atoms with Crippen molar-refractivity contribution in [2.24, 2.45) is 0 Å². The normalized spacial score (nSPS) is 18.0. The Morgan fingerprint density at radius 1 is 0.960 bits per heavy atom. The summed E-state index contributed by atoms with van der Waals surface area (Å²) < 4.78 is 22.0. The lowest BCUT2D eigenvalue weighted by Gasteiger charge is -2.43. The van der Waals surface area contributed by atoms with Gasteiger partial charge in [0, 0.05) is 92.4 Å². The van der Waals surface area contributed by atoms with Crippen molar-refractivity contribution in [2.45, 2.75) is 51.1 Å². The third-order valence-electron chi connectivity index (χ3n) is 10.3. The highest BCUT2D eigenvalue weighted by Crippen LogP contribution is 2.45. The number of nitrogens with one attached hydrogen (secondary N) is 2.